The maximum Gasteiger partial charge on any atom is 0.222 e. The molecule has 1 aliphatic heterocycles. The molecule has 1 fully saturated rings. The summed E-state index contributed by atoms with van der Waals surface area (Å²) in [5, 5.41) is 3.45. The van der Waals surface area contributed by atoms with Crippen molar-refractivity contribution in [3.8, 4) is 5.75 Å². The van der Waals surface area contributed by atoms with Crippen molar-refractivity contribution in [2.24, 2.45) is 0 Å². The number of hydrogen-bond donors (Lipinski definition) is 1. The van der Waals surface area contributed by atoms with Crippen LogP contribution >= 0.6 is 31.9 Å². The molecule has 144 valence electrons. The first-order chi connectivity index (χ1) is 13.1. The second kappa shape index (κ2) is 10.2. The van der Waals surface area contributed by atoms with Crippen molar-refractivity contribution in [2.45, 2.75) is 32.4 Å². The molecule has 1 N–H and O–H groups in total. The van der Waals surface area contributed by atoms with Crippen LogP contribution in [0.4, 0.5) is 0 Å². The zero-order chi connectivity index (χ0) is 19.1. The number of nitrogens with zero attached hydrogens (tertiary/aromatic N) is 1. The van der Waals surface area contributed by atoms with Crippen LogP contribution in [0, 0.1) is 0 Å². The lowest BCUT2D eigenvalue weighted by Gasteiger charge is -2.16. The monoisotopic (exact) mass is 494 g/mol. The number of rotatable bonds is 9. The van der Waals surface area contributed by atoms with E-state index in [-0.39, 0.29) is 0 Å². The van der Waals surface area contributed by atoms with Crippen LogP contribution in [0.5, 0.6) is 5.75 Å². The number of hydrogen-bond acceptors (Lipinski definition) is 3. The number of halogens is 2. The highest BCUT2D eigenvalue weighted by atomic mass is 79.9. The molecule has 0 unspecified atom stereocenters. The summed E-state index contributed by atoms with van der Waals surface area (Å²) in [6, 6.07) is 14.3. The molecule has 1 amide bonds. The van der Waals surface area contributed by atoms with Crippen LogP contribution in [0.3, 0.4) is 0 Å². The molecule has 2 aromatic rings. The van der Waals surface area contributed by atoms with Crippen LogP contribution in [-0.2, 0) is 17.9 Å². The van der Waals surface area contributed by atoms with Crippen LogP contribution in [-0.4, -0.2) is 30.4 Å². The van der Waals surface area contributed by atoms with Gasteiger partial charge in [0.15, 0.2) is 0 Å². The van der Waals surface area contributed by atoms with E-state index in [1.165, 1.54) is 5.56 Å². The summed E-state index contributed by atoms with van der Waals surface area (Å²) in [4.78, 5) is 13.6. The van der Waals surface area contributed by atoms with E-state index in [4.69, 9.17) is 4.74 Å². The van der Waals surface area contributed by atoms with E-state index in [1.807, 2.05) is 23.1 Å². The zero-order valence-corrected chi connectivity index (χ0v) is 18.4. The standard InChI is InChI=1S/C21H24Br2N2O2/c22-18-12-17(14-24-9-5-11-25-10-4-8-20(25)26)13-19(23)21(18)27-15-16-6-2-1-3-7-16/h1-3,6-7,12-13,24H,4-5,8-11,14-15H2. The second-order valence-corrected chi connectivity index (χ2v) is 8.39. The minimum atomic E-state index is 0.300. The van der Waals surface area contributed by atoms with Gasteiger partial charge in [0.1, 0.15) is 12.4 Å². The summed E-state index contributed by atoms with van der Waals surface area (Å²) in [6.45, 7) is 3.98. The first-order valence-corrected chi connectivity index (χ1v) is 10.9. The van der Waals surface area contributed by atoms with Crippen molar-refractivity contribution >= 4 is 37.8 Å². The fraction of sp³-hybridized carbons (Fsp3) is 0.381. The van der Waals surface area contributed by atoms with Gasteiger partial charge < -0.3 is 15.0 Å². The van der Waals surface area contributed by atoms with Gasteiger partial charge in [0.2, 0.25) is 5.91 Å². The Balaban J connectivity index is 1.45. The van der Waals surface area contributed by atoms with Gasteiger partial charge in [-0.25, -0.2) is 0 Å². The lowest BCUT2D eigenvalue weighted by atomic mass is 10.2. The molecule has 0 aliphatic carbocycles. The van der Waals surface area contributed by atoms with Gasteiger partial charge in [0, 0.05) is 26.1 Å². The Labute approximate surface area is 177 Å². The Bertz CT molecular complexity index is 745. The molecule has 1 saturated heterocycles. The van der Waals surface area contributed by atoms with Gasteiger partial charge in [0.25, 0.3) is 0 Å². The van der Waals surface area contributed by atoms with Gasteiger partial charge in [-0.3, -0.25) is 4.79 Å². The van der Waals surface area contributed by atoms with Gasteiger partial charge in [-0.05, 0) is 74.5 Å². The Hall–Kier alpha value is -1.37. The predicted molar refractivity (Wildman–Crippen MR) is 115 cm³/mol. The van der Waals surface area contributed by atoms with Crippen molar-refractivity contribution in [3.05, 3.63) is 62.5 Å². The highest BCUT2D eigenvalue weighted by Gasteiger charge is 2.18. The van der Waals surface area contributed by atoms with Crippen molar-refractivity contribution in [3.63, 3.8) is 0 Å². The van der Waals surface area contributed by atoms with E-state index in [1.54, 1.807) is 0 Å². The molecule has 27 heavy (non-hydrogen) atoms. The van der Waals surface area contributed by atoms with Crippen molar-refractivity contribution < 1.29 is 9.53 Å². The number of benzene rings is 2. The van der Waals surface area contributed by atoms with E-state index in [9.17, 15) is 4.79 Å². The van der Waals surface area contributed by atoms with Gasteiger partial charge >= 0.3 is 0 Å². The van der Waals surface area contributed by atoms with Gasteiger partial charge in [-0.15, -0.1) is 0 Å². The predicted octanol–water partition coefficient (Wildman–Crippen LogP) is 4.89. The smallest absolute Gasteiger partial charge is 0.222 e. The lowest BCUT2D eigenvalue weighted by molar-refractivity contribution is -0.127. The first-order valence-electron chi connectivity index (χ1n) is 9.26. The number of ether oxygens (including phenoxy) is 1. The Morgan fingerprint density at radius 3 is 2.48 bits per heavy atom. The topological polar surface area (TPSA) is 41.6 Å². The molecular weight excluding hydrogens is 472 g/mol. The number of carbonyl (C=O) groups excluding carboxylic acids is 1. The molecule has 0 bridgehead atoms. The zero-order valence-electron chi connectivity index (χ0n) is 15.2. The minimum absolute atomic E-state index is 0.300. The average Bonchev–Trinajstić information content (AvgIpc) is 3.06. The van der Waals surface area contributed by atoms with Crippen LogP contribution < -0.4 is 10.1 Å². The molecule has 2 aromatic carbocycles. The third-order valence-corrected chi connectivity index (χ3v) is 5.74. The third kappa shape index (κ3) is 6.06. The van der Waals surface area contributed by atoms with Gasteiger partial charge in [-0.2, -0.15) is 0 Å². The Morgan fingerprint density at radius 2 is 1.81 bits per heavy atom. The molecule has 0 spiro atoms. The second-order valence-electron chi connectivity index (χ2n) is 6.68. The molecular formula is C21H24Br2N2O2. The van der Waals surface area contributed by atoms with Crippen LogP contribution in [0.1, 0.15) is 30.4 Å². The molecule has 0 radical (unpaired) electrons. The van der Waals surface area contributed by atoms with Gasteiger partial charge in [0.05, 0.1) is 8.95 Å². The lowest BCUT2D eigenvalue weighted by Crippen LogP contribution is -2.28. The number of carbonyl (C=O) groups is 1. The van der Waals surface area contributed by atoms with Crippen molar-refractivity contribution in [2.75, 3.05) is 19.6 Å². The summed E-state index contributed by atoms with van der Waals surface area (Å²) < 4.78 is 7.84. The molecule has 0 aromatic heterocycles. The maximum atomic E-state index is 11.6. The molecule has 6 heteroatoms. The summed E-state index contributed by atoms with van der Waals surface area (Å²) >= 11 is 7.24. The summed E-state index contributed by atoms with van der Waals surface area (Å²) in [6.07, 6.45) is 2.70. The normalized spacial score (nSPS) is 14.0. The molecule has 0 saturated carbocycles. The number of likely N-dealkylation sites (tertiary alicyclic amines) is 1. The molecule has 3 rings (SSSR count). The number of amides is 1. The van der Waals surface area contributed by atoms with Gasteiger partial charge in [-0.1, -0.05) is 30.3 Å². The molecule has 1 heterocycles. The molecule has 4 nitrogen and oxygen atoms in total. The Morgan fingerprint density at radius 1 is 1.07 bits per heavy atom. The van der Waals surface area contributed by atoms with Crippen LogP contribution in [0.15, 0.2) is 51.4 Å². The van der Waals surface area contributed by atoms with E-state index in [0.29, 0.717) is 18.9 Å². The molecule has 1 aliphatic rings. The van der Waals surface area contributed by atoms with Crippen molar-refractivity contribution in [1.82, 2.24) is 10.2 Å². The maximum absolute atomic E-state index is 11.6. The average molecular weight is 496 g/mol. The minimum Gasteiger partial charge on any atom is -0.487 e. The third-order valence-electron chi connectivity index (χ3n) is 4.57. The molecule has 0 atom stereocenters. The summed E-state index contributed by atoms with van der Waals surface area (Å²) in [5.41, 5.74) is 2.32. The van der Waals surface area contributed by atoms with Crippen LogP contribution in [0.25, 0.3) is 0 Å². The number of nitrogens with one attached hydrogen (secondary N) is 1. The largest absolute Gasteiger partial charge is 0.487 e. The SMILES string of the molecule is O=C1CCCN1CCCNCc1cc(Br)c(OCc2ccccc2)c(Br)c1. The van der Waals surface area contributed by atoms with E-state index in [2.05, 4.69) is 61.4 Å². The summed E-state index contributed by atoms with van der Waals surface area (Å²) in [5.74, 6) is 1.11. The summed E-state index contributed by atoms with van der Waals surface area (Å²) in [7, 11) is 0. The van der Waals surface area contributed by atoms with Crippen LogP contribution in [0.2, 0.25) is 0 Å². The van der Waals surface area contributed by atoms with E-state index in [0.717, 1.165) is 59.3 Å². The van der Waals surface area contributed by atoms with E-state index >= 15 is 0 Å². The quantitative estimate of drug-likeness (QED) is 0.503. The highest BCUT2D eigenvalue weighted by Crippen LogP contribution is 2.35. The van der Waals surface area contributed by atoms with E-state index < -0.39 is 0 Å². The fourth-order valence-corrected chi connectivity index (χ4v) is 4.66. The highest BCUT2D eigenvalue weighted by molar-refractivity contribution is 9.11. The first kappa shape index (κ1) is 20.4. The van der Waals surface area contributed by atoms with Crippen molar-refractivity contribution in [1.29, 1.82) is 0 Å². The fourth-order valence-electron chi connectivity index (χ4n) is 3.15. The Kier molecular flexibility index (Phi) is 7.73.